The number of aromatic nitrogens is 2. The van der Waals surface area contributed by atoms with Crippen molar-refractivity contribution < 1.29 is 4.74 Å². The van der Waals surface area contributed by atoms with Crippen LogP contribution in [0.4, 0.5) is 0 Å². The molecule has 1 aromatic rings. The third-order valence-corrected chi connectivity index (χ3v) is 3.28. The summed E-state index contributed by atoms with van der Waals surface area (Å²) in [6.07, 6.45) is 7.19. The van der Waals surface area contributed by atoms with Gasteiger partial charge in [-0.25, -0.2) is 0 Å². The molecule has 4 nitrogen and oxygen atoms in total. The van der Waals surface area contributed by atoms with Crippen LogP contribution in [0.5, 0.6) is 0 Å². The molecule has 1 aliphatic heterocycles. The normalized spacial score (nSPS) is 19.9. The SMILES string of the molecule is CCNCc1ccnn1CCCC1CCCO1. The van der Waals surface area contributed by atoms with Crippen molar-refractivity contribution in [3.63, 3.8) is 0 Å². The lowest BCUT2D eigenvalue weighted by Crippen LogP contribution is -2.16. The molecule has 2 heterocycles. The van der Waals surface area contributed by atoms with Gasteiger partial charge in [-0.05, 0) is 38.3 Å². The van der Waals surface area contributed by atoms with Crippen LogP contribution >= 0.6 is 0 Å². The topological polar surface area (TPSA) is 39.1 Å². The number of aryl methyl sites for hydroxylation is 1. The van der Waals surface area contributed by atoms with Gasteiger partial charge in [0, 0.05) is 25.9 Å². The molecule has 0 bridgehead atoms. The fourth-order valence-corrected chi connectivity index (χ4v) is 2.31. The van der Waals surface area contributed by atoms with Gasteiger partial charge in [0.05, 0.1) is 11.8 Å². The Morgan fingerprint density at radius 1 is 1.59 bits per heavy atom. The molecule has 4 heteroatoms. The maximum absolute atomic E-state index is 5.63. The zero-order chi connectivity index (χ0) is 11.9. The number of nitrogens with one attached hydrogen (secondary N) is 1. The maximum atomic E-state index is 5.63. The lowest BCUT2D eigenvalue weighted by atomic mass is 10.1. The Kier molecular flexibility index (Phi) is 5.01. The van der Waals surface area contributed by atoms with E-state index in [0.717, 1.165) is 32.7 Å². The van der Waals surface area contributed by atoms with Crippen LogP contribution < -0.4 is 5.32 Å². The van der Waals surface area contributed by atoms with Gasteiger partial charge in [0.1, 0.15) is 0 Å². The lowest BCUT2D eigenvalue weighted by molar-refractivity contribution is 0.101. The van der Waals surface area contributed by atoms with Crippen molar-refractivity contribution >= 4 is 0 Å². The van der Waals surface area contributed by atoms with Gasteiger partial charge in [0.15, 0.2) is 0 Å². The highest BCUT2D eigenvalue weighted by atomic mass is 16.5. The minimum atomic E-state index is 0.503. The van der Waals surface area contributed by atoms with Crippen LogP contribution in [0.15, 0.2) is 12.3 Å². The van der Waals surface area contributed by atoms with Crippen LogP contribution in [-0.4, -0.2) is 29.0 Å². The van der Waals surface area contributed by atoms with E-state index in [0.29, 0.717) is 6.10 Å². The molecule has 17 heavy (non-hydrogen) atoms. The van der Waals surface area contributed by atoms with Crippen LogP contribution in [0, 0.1) is 0 Å². The fourth-order valence-electron chi connectivity index (χ4n) is 2.31. The molecule has 0 spiro atoms. The van der Waals surface area contributed by atoms with Gasteiger partial charge in [-0.2, -0.15) is 5.10 Å². The summed E-state index contributed by atoms with van der Waals surface area (Å²) in [5.74, 6) is 0. The molecule has 1 N–H and O–H groups in total. The first kappa shape index (κ1) is 12.6. The van der Waals surface area contributed by atoms with E-state index in [-0.39, 0.29) is 0 Å². The molecule has 0 saturated carbocycles. The second-order valence-electron chi connectivity index (χ2n) is 4.60. The van der Waals surface area contributed by atoms with Gasteiger partial charge in [-0.1, -0.05) is 6.92 Å². The second-order valence-corrected chi connectivity index (χ2v) is 4.60. The van der Waals surface area contributed by atoms with E-state index >= 15 is 0 Å². The minimum absolute atomic E-state index is 0.503. The summed E-state index contributed by atoms with van der Waals surface area (Å²) in [6.45, 7) is 6.00. The van der Waals surface area contributed by atoms with Gasteiger partial charge in [-0.3, -0.25) is 4.68 Å². The third kappa shape index (κ3) is 3.82. The summed E-state index contributed by atoms with van der Waals surface area (Å²) in [5, 5.41) is 7.71. The van der Waals surface area contributed by atoms with Crippen molar-refractivity contribution in [1.82, 2.24) is 15.1 Å². The predicted molar refractivity (Wildman–Crippen MR) is 67.8 cm³/mol. The Bertz CT molecular complexity index is 318. The Balaban J connectivity index is 1.72. The molecular formula is C13H23N3O. The highest BCUT2D eigenvalue weighted by Gasteiger charge is 2.14. The maximum Gasteiger partial charge on any atom is 0.0576 e. The third-order valence-electron chi connectivity index (χ3n) is 3.28. The van der Waals surface area contributed by atoms with Crippen molar-refractivity contribution in [1.29, 1.82) is 0 Å². The van der Waals surface area contributed by atoms with Gasteiger partial charge in [-0.15, -0.1) is 0 Å². The number of hydrogen-bond acceptors (Lipinski definition) is 3. The van der Waals surface area contributed by atoms with E-state index in [4.69, 9.17) is 4.74 Å². The monoisotopic (exact) mass is 237 g/mol. The Morgan fingerprint density at radius 3 is 3.29 bits per heavy atom. The second kappa shape index (κ2) is 6.77. The van der Waals surface area contributed by atoms with E-state index in [1.165, 1.54) is 25.0 Å². The largest absolute Gasteiger partial charge is 0.378 e. The van der Waals surface area contributed by atoms with Crippen molar-refractivity contribution in [3.8, 4) is 0 Å². The minimum Gasteiger partial charge on any atom is -0.378 e. The number of nitrogens with zero attached hydrogens (tertiary/aromatic N) is 2. The summed E-state index contributed by atoms with van der Waals surface area (Å²) in [4.78, 5) is 0. The van der Waals surface area contributed by atoms with Gasteiger partial charge < -0.3 is 10.1 Å². The van der Waals surface area contributed by atoms with Crippen LogP contribution in [-0.2, 0) is 17.8 Å². The average molecular weight is 237 g/mol. The molecular weight excluding hydrogens is 214 g/mol. The molecule has 1 atom stereocenters. The molecule has 0 radical (unpaired) electrons. The summed E-state index contributed by atoms with van der Waals surface area (Å²) >= 11 is 0. The van der Waals surface area contributed by atoms with Crippen LogP contribution in [0.3, 0.4) is 0 Å². The highest BCUT2D eigenvalue weighted by molar-refractivity contribution is 4.99. The van der Waals surface area contributed by atoms with Crippen molar-refractivity contribution in [3.05, 3.63) is 18.0 Å². The molecule has 1 aromatic heterocycles. The van der Waals surface area contributed by atoms with E-state index in [2.05, 4.69) is 28.1 Å². The Hall–Kier alpha value is -0.870. The van der Waals surface area contributed by atoms with Crippen LogP contribution in [0.25, 0.3) is 0 Å². The van der Waals surface area contributed by atoms with Gasteiger partial charge in [0.2, 0.25) is 0 Å². The lowest BCUT2D eigenvalue weighted by Gasteiger charge is -2.11. The number of rotatable bonds is 7. The summed E-state index contributed by atoms with van der Waals surface area (Å²) in [5.41, 5.74) is 1.28. The Morgan fingerprint density at radius 2 is 2.53 bits per heavy atom. The van der Waals surface area contributed by atoms with Crippen molar-refractivity contribution in [2.45, 2.75) is 51.8 Å². The molecule has 1 fully saturated rings. The molecule has 1 saturated heterocycles. The molecule has 0 amide bonds. The average Bonchev–Trinajstić information content (AvgIpc) is 2.98. The van der Waals surface area contributed by atoms with E-state index in [1.807, 2.05) is 6.20 Å². The zero-order valence-electron chi connectivity index (χ0n) is 10.7. The number of ether oxygens (including phenoxy) is 1. The van der Waals surface area contributed by atoms with E-state index in [9.17, 15) is 0 Å². The molecule has 1 aliphatic rings. The molecule has 0 aliphatic carbocycles. The first-order valence-electron chi connectivity index (χ1n) is 6.73. The summed E-state index contributed by atoms with van der Waals surface area (Å²) in [7, 11) is 0. The van der Waals surface area contributed by atoms with Crippen LogP contribution in [0.2, 0.25) is 0 Å². The molecule has 96 valence electrons. The van der Waals surface area contributed by atoms with Crippen LogP contribution in [0.1, 0.15) is 38.3 Å². The summed E-state index contributed by atoms with van der Waals surface area (Å²) < 4.78 is 7.73. The highest BCUT2D eigenvalue weighted by Crippen LogP contribution is 2.17. The predicted octanol–water partition coefficient (Wildman–Crippen LogP) is 1.95. The smallest absolute Gasteiger partial charge is 0.0576 e. The van der Waals surface area contributed by atoms with Crippen molar-refractivity contribution in [2.75, 3.05) is 13.2 Å². The van der Waals surface area contributed by atoms with E-state index < -0.39 is 0 Å². The first-order chi connectivity index (χ1) is 8.40. The Labute approximate surface area is 103 Å². The van der Waals surface area contributed by atoms with Gasteiger partial charge in [0.25, 0.3) is 0 Å². The van der Waals surface area contributed by atoms with Gasteiger partial charge >= 0.3 is 0 Å². The first-order valence-corrected chi connectivity index (χ1v) is 6.73. The molecule has 0 aromatic carbocycles. The van der Waals surface area contributed by atoms with Crippen molar-refractivity contribution in [2.24, 2.45) is 0 Å². The summed E-state index contributed by atoms with van der Waals surface area (Å²) in [6, 6.07) is 2.09. The zero-order valence-corrected chi connectivity index (χ0v) is 10.7. The number of hydrogen-bond donors (Lipinski definition) is 1. The molecule has 2 rings (SSSR count). The standard InChI is InChI=1S/C13H23N3O/c1-2-14-11-12-7-8-15-16(12)9-3-5-13-6-4-10-17-13/h7-8,13-14H,2-6,9-11H2,1H3. The molecule has 1 unspecified atom stereocenters. The quantitative estimate of drug-likeness (QED) is 0.788. The fraction of sp³-hybridized carbons (Fsp3) is 0.769. The van der Waals surface area contributed by atoms with E-state index in [1.54, 1.807) is 0 Å².